The van der Waals surface area contributed by atoms with Gasteiger partial charge in [0.15, 0.2) is 0 Å². The van der Waals surface area contributed by atoms with Crippen LogP contribution in [-0.2, 0) is 24.2 Å². The van der Waals surface area contributed by atoms with Gasteiger partial charge in [0.1, 0.15) is 11.6 Å². The molecule has 0 atom stereocenters. The van der Waals surface area contributed by atoms with Crippen LogP contribution >= 0.6 is 11.6 Å². The highest BCUT2D eigenvalue weighted by atomic mass is 35.5. The first-order chi connectivity index (χ1) is 17.4. The van der Waals surface area contributed by atoms with Gasteiger partial charge in [-0.3, -0.25) is 14.2 Å². The molecule has 5 nitrogen and oxygen atoms in total. The lowest BCUT2D eigenvalue weighted by atomic mass is 9.97. The van der Waals surface area contributed by atoms with Crippen LogP contribution in [0.3, 0.4) is 0 Å². The summed E-state index contributed by atoms with van der Waals surface area (Å²) in [5.74, 6) is -0.177. The molecule has 3 aromatic carbocycles. The van der Waals surface area contributed by atoms with Crippen LogP contribution in [0.5, 0.6) is 0 Å². The Labute approximate surface area is 213 Å². The van der Waals surface area contributed by atoms with E-state index >= 15 is 0 Å². The van der Waals surface area contributed by atoms with Crippen molar-refractivity contribution in [3.63, 3.8) is 0 Å². The topological polar surface area (TPSA) is 55.2 Å². The number of hydrogen-bond acceptors (Lipinski definition) is 3. The molecule has 1 aliphatic heterocycles. The molecule has 36 heavy (non-hydrogen) atoms. The monoisotopic (exact) mass is 501 g/mol. The van der Waals surface area contributed by atoms with Crippen LogP contribution in [0.15, 0.2) is 83.7 Å². The molecule has 0 saturated carbocycles. The maximum atomic E-state index is 14.2. The van der Waals surface area contributed by atoms with Crippen molar-refractivity contribution in [3.8, 4) is 0 Å². The van der Waals surface area contributed by atoms with Crippen molar-refractivity contribution in [3.05, 3.63) is 134 Å². The third-order valence-electron chi connectivity index (χ3n) is 6.67. The van der Waals surface area contributed by atoms with Crippen molar-refractivity contribution in [1.29, 1.82) is 0 Å². The minimum Gasteiger partial charge on any atom is -0.336 e. The van der Waals surface area contributed by atoms with Crippen LogP contribution in [-0.4, -0.2) is 26.9 Å². The summed E-state index contributed by atoms with van der Waals surface area (Å²) in [6, 6.07) is 23.9. The lowest BCUT2D eigenvalue weighted by molar-refractivity contribution is -0.131. The molecule has 0 unspecified atom stereocenters. The van der Waals surface area contributed by atoms with Crippen LogP contribution in [0.2, 0.25) is 5.02 Å². The summed E-state index contributed by atoms with van der Waals surface area (Å²) in [4.78, 5) is 33.2. The highest BCUT2D eigenvalue weighted by Crippen LogP contribution is 2.28. The second-order valence-corrected chi connectivity index (χ2v) is 9.33. The summed E-state index contributed by atoms with van der Waals surface area (Å²) < 4.78 is 16.0. The summed E-state index contributed by atoms with van der Waals surface area (Å²) in [6.45, 7) is 2.39. The molecule has 4 aromatic rings. The van der Waals surface area contributed by atoms with Crippen molar-refractivity contribution in [2.45, 2.75) is 32.4 Å². The molecule has 1 aliphatic rings. The minimum absolute atomic E-state index is 0.0977. The van der Waals surface area contributed by atoms with Crippen molar-refractivity contribution in [2.75, 3.05) is 6.54 Å². The van der Waals surface area contributed by atoms with E-state index < -0.39 is 5.82 Å². The molecule has 0 bridgehead atoms. The fourth-order valence-electron chi connectivity index (χ4n) is 4.86. The summed E-state index contributed by atoms with van der Waals surface area (Å²) in [6.07, 6.45) is 0.246. The molecule has 0 N–H and O–H groups in total. The fraction of sp³-hybridized carbons (Fsp3) is 0.207. The maximum Gasteiger partial charge on any atom is 0.257 e. The Balaban J connectivity index is 1.49. The van der Waals surface area contributed by atoms with Crippen LogP contribution in [0, 0.1) is 12.7 Å². The van der Waals surface area contributed by atoms with E-state index in [4.69, 9.17) is 16.6 Å². The number of carbonyl (C=O) groups excluding carboxylic acids is 1. The Kier molecular flexibility index (Phi) is 6.70. The smallest absolute Gasteiger partial charge is 0.257 e. The van der Waals surface area contributed by atoms with E-state index in [0.29, 0.717) is 30.0 Å². The highest BCUT2D eigenvalue weighted by Gasteiger charge is 2.29. The number of halogens is 2. The molecular weight excluding hydrogens is 477 g/mol. The molecule has 2 heterocycles. The van der Waals surface area contributed by atoms with Crippen LogP contribution < -0.4 is 5.56 Å². The number of aromatic nitrogens is 2. The van der Waals surface area contributed by atoms with Crippen molar-refractivity contribution in [1.82, 2.24) is 14.5 Å². The van der Waals surface area contributed by atoms with E-state index in [1.54, 1.807) is 15.5 Å². The van der Waals surface area contributed by atoms with Gasteiger partial charge in [0.2, 0.25) is 5.91 Å². The van der Waals surface area contributed by atoms with E-state index in [1.807, 2.05) is 67.6 Å². The first-order valence-corrected chi connectivity index (χ1v) is 12.2. The largest absolute Gasteiger partial charge is 0.336 e. The Bertz CT molecular complexity index is 1410. The standard InChI is InChI=1S/C29H25ClFN3O2/c1-19-32-26-18-33(27(35)17-23-24(30)13-8-14-25(23)31)16-15-22(26)29(36)34(19)28(20-9-4-2-5-10-20)21-11-6-3-7-12-21/h2-14,28H,15-18H2,1H3. The average Bonchev–Trinajstić information content (AvgIpc) is 2.89. The Hall–Kier alpha value is -3.77. The summed E-state index contributed by atoms with van der Waals surface area (Å²) in [5.41, 5.74) is 3.27. The zero-order valence-electron chi connectivity index (χ0n) is 19.8. The molecule has 0 spiro atoms. The molecule has 0 fully saturated rings. The molecule has 1 aromatic heterocycles. The van der Waals surface area contributed by atoms with Gasteiger partial charge in [-0.2, -0.15) is 0 Å². The van der Waals surface area contributed by atoms with Crippen LogP contribution in [0.25, 0.3) is 0 Å². The maximum absolute atomic E-state index is 14.2. The summed E-state index contributed by atoms with van der Waals surface area (Å²) in [7, 11) is 0. The number of hydrogen-bond donors (Lipinski definition) is 0. The molecule has 0 saturated heterocycles. The predicted molar refractivity (Wildman–Crippen MR) is 138 cm³/mol. The van der Waals surface area contributed by atoms with Gasteiger partial charge in [0.05, 0.1) is 24.7 Å². The van der Waals surface area contributed by atoms with E-state index in [1.165, 1.54) is 12.1 Å². The average molecular weight is 502 g/mol. The van der Waals surface area contributed by atoms with Gasteiger partial charge in [-0.25, -0.2) is 9.37 Å². The number of rotatable bonds is 5. The number of benzene rings is 3. The number of fused-ring (bicyclic) bond motifs is 1. The van der Waals surface area contributed by atoms with E-state index in [-0.39, 0.29) is 41.1 Å². The van der Waals surface area contributed by atoms with Crippen molar-refractivity contribution < 1.29 is 9.18 Å². The van der Waals surface area contributed by atoms with Gasteiger partial charge >= 0.3 is 0 Å². The SMILES string of the molecule is Cc1nc2c(c(=O)n1C(c1ccccc1)c1ccccc1)CCN(C(=O)Cc1c(F)cccc1Cl)C2. The zero-order chi connectivity index (χ0) is 25.2. The van der Waals surface area contributed by atoms with Crippen LogP contribution in [0.1, 0.15) is 39.8 Å². The molecule has 1 amide bonds. The quantitative estimate of drug-likeness (QED) is 0.382. The minimum atomic E-state index is -0.502. The Morgan fingerprint density at radius 1 is 1.00 bits per heavy atom. The summed E-state index contributed by atoms with van der Waals surface area (Å²) >= 11 is 6.12. The van der Waals surface area contributed by atoms with Gasteiger partial charge in [0, 0.05) is 22.7 Å². The van der Waals surface area contributed by atoms with E-state index in [9.17, 15) is 14.0 Å². The second-order valence-electron chi connectivity index (χ2n) is 8.93. The third-order valence-corrected chi connectivity index (χ3v) is 7.03. The molecule has 7 heteroatoms. The van der Waals surface area contributed by atoms with Gasteiger partial charge in [-0.15, -0.1) is 0 Å². The number of amides is 1. The second kappa shape index (κ2) is 10.1. The third kappa shape index (κ3) is 4.56. The van der Waals surface area contributed by atoms with Crippen molar-refractivity contribution >= 4 is 17.5 Å². The first kappa shape index (κ1) is 23.9. The molecule has 0 radical (unpaired) electrons. The molecule has 0 aliphatic carbocycles. The Morgan fingerprint density at radius 3 is 2.25 bits per heavy atom. The molecule has 182 valence electrons. The Morgan fingerprint density at radius 2 is 1.64 bits per heavy atom. The highest BCUT2D eigenvalue weighted by molar-refractivity contribution is 6.31. The van der Waals surface area contributed by atoms with Gasteiger partial charge in [0.25, 0.3) is 5.56 Å². The lowest BCUT2D eigenvalue weighted by Gasteiger charge is -2.30. The first-order valence-electron chi connectivity index (χ1n) is 11.9. The number of carbonyl (C=O) groups is 1. The fourth-order valence-corrected chi connectivity index (χ4v) is 5.09. The zero-order valence-corrected chi connectivity index (χ0v) is 20.6. The van der Waals surface area contributed by atoms with Gasteiger partial charge < -0.3 is 4.90 Å². The van der Waals surface area contributed by atoms with Gasteiger partial charge in [-0.1, -0.05) is 78.3 Å². The number of nitrogens with zero attached hydrogens (tertiary/aromatic N) is 3. The van der Waals surface area contributed by atoms with Crippen molar-refractivity contribution in [2.24, 2.45) is 0 Å². The normalized spacial score (nSPS) is 13.1. The number of aryl methyl sites for hydroxylation is 1. The summed E-state index contributed by atoms with van der Waals surface area (Å²) in [5, 5.41) is 0.227. The van der Waals surface area contributed by atoms with Gasteiger partial charge in [-0.05, 0) is 36.6 Å². The van der Waals surface area contributed by atoms with E-state index in [0.717, 1.165) is 11.1 Å². The molecular formula is C29H25ClFN3O2. The lowest BCUT2D eigenvalue weighted by Crippen LogP contribution is -2.42. The van der Waals surface area contributed by atoms with Crippen LogP contribution in [0.4, 0.5) is 4.39 Å². The predicted octanol–water partition coefficient (Wildman–Crippen LogP) is 5.11. The van der Waals surface area contributed by atoms with E-state index in [2.05, 4.69) is 0 Å². The molecule has 5 rings (SSSR count).